The van der Waals surface area contributed by atoms with Gasteiger partial charge in [0.25, 0.3) is 0 Å². The van der Waals surface area contributed by atoms with Crippen molar-refractivity contribution in [2.24, 2.45) is 0 Å². The van der Waals surface area contributed by atoms with Gasteiger partial charge in [0.05, 0.1) is 6.61 Å². The first-order valence-corrected chi connectivity index (χ1v) is 5.72. The van der Waals surface area contributed by atoms with Crippen molar-refractivity contribution in [1.82, 2.24) is 4.90 Å². The Morgan fingerprint density at radius 2 is 2.21 bits per heavy atom. The molecular formula is C11H23NO2. The van der Waals surface area contributed by atoms with E-state index in [1.165, 1.54) is 32.2 Å². The molecule has 84 valence electrons. The molecule has 1 fully saturated rings. The molecule has 1 saturated heterocycles. The van der Waals surface area contributed by atoms with E-state index < -0.39 is 0 Å². The topological polar surface area (TPSA) is 32.7 Å². The smallest absolute Gasteiger partial charge is 0.0586 e. The summed E-state index contributed by atoms with van der Waals surface area (Å²) in [6.45, 7) is 3.53. The van der Waals surface area contributed by atoms with Gasteiger partial charge in [-0.3, -0.25) is 4.90 Å². The third kappa shape index (κ3) is 3.95. The lowest BCUT2D eigenvalue weighted by Crippen LogP contribution is -2.32. The van der Waals surface area contributed by atoms with Crippen LogP contribution in [0.4, 0.5) is 0 Å². The van der Waals surface area contributed by atoms with Gasteiger partial charge in [0, 0.05) is 19.8 Å². The Morgan fingerprint density at radius 3 is 2.93 bits per heavy atom. The van der Waals surface area contributed by atoms with Crippen molar-refractivity contribution in [3.8, 4) is 0 Å². The van der Waals surface area contributed by atoms with Gasteiger partial charge in [0.15, 0.2) is 0 Å². The standard InChI is InChI=1S/C11H23NO2/c1-14-9-4-2-3-7-12-8-5-6-11(12)10-13/h11,13H,2-10H2,1H3/t11-/m1/s1. The number of hydrogen-bond donors (Lipinski definition) is 1. The van der Waals surface area contributed by atoms with Crippen LogP contribution >= 0.6 is 0 Å². The van der Waals surface area contributed by atoms with Gasteiger partial charge in [-0.2, -0.15) is 0 Å². The minimum absolute atomic E-state index is 0.331. The molecule has 0 saturated carbocycles. The fourth-order valence-electron chi connectivity index (χ4n) is 2.13. The minimum Gasteiger partial charge on any atom is -0.395 e. The van der Waals surface area contributed by atoms with E-state index in [-0.39, 0.29) is 0 Å². The van der Waals surface area contributed by atoms with Gasteiger partial charge in [-0.1, -0.05) is 0 Å². The molecule has 1 heterocycles. The molecule has 1 aliphatic heterocycles. The van der Waals surface area contributed by atoms with Crippen molar-refractivity contribution in [1.29, 1.82) is 0 Å². The van der Waals surface area contributed by atoms with Crippen molar-refractivity contribution in [2.45, 2.75) is 38.1 Å². The second kappa shape index (κ2) is 7.21. The zero-order valence-electron chi connectivity index (χ0n) is 9.24. The summed E-state index contributed by atoms with van der Waals surface area (Å²) in [4.78, 5) is 2.42. The van der Waals surface area contributed by atoms with E-state index >= 15 is 0 Å². The third-order valence-electron chi connectivity index (χ3n) is 3.00. The molecule has 0 aromatic carbocycles. The van der Waals surface area contributed by atoms with Crippen LogP contribution < -0.4 is 0 Å². The maximum Gasteiger partial charge on any atom is 0.0586 e. The summed E-state index contributed by atoms with van der Waals surface area (Å²) < 4.78 is 5.00. The van der Waals surface area contributed by atoms with Crippen LogP contribution in [0.1, 0.15) is 32.1 Å². The molecule has 14 heavy (non-hydrogen) atoms. The van der Waals surface area contributed by atoms with Gasteiger partial charge in [0.2, 0.25) is 0 Å². The fourth-order valence-corrected chi connectivity index (χ4v) is 2.13. The number of unbranched alkanes of at least 4 members (excludes halogenated alkanes) is 2. The number of hydrogen-bond acceptors (Lipinski definition) is 3. The molecule has 1 N–H and O–H groups in total. The minimum atomic E-state index is 0.331. The SMILES string of the molecule is COCCCCCN1CCC[C@@H]1CO. The van der Waals surface area contributed by atoms with Crippen LogP contribution in [0.2, 0.25) is 0 Å². The summed E-state index contributed by atoms with van der Waals surface area (Å²) in [6.07, 6.45) is 6.06. The zero-order valence-corrected chi connectivity index (χ0v) is 9.24. The summed E-state index contributed by atoms with van der Waals surface area (Å²) in [5.74, 6) is 0. The molecule has 0 bridgehead atoms. The van der Waals surface area contributed by atoms with Crippen LogP contribution in [0.3, 0.4) is 0 Å². The molecule has 0 radical (unpaired) electrons. The monoisotopic (exact) mass is 201 g/mol. The van der Waals surface area contributed by atoms with E-state index in [9.17, 15) is 0 Å². The summed E-state index contributed by atoms with van der Waals surface area (Å²) in [5, 5.41) is 9.12. The quantitative estimate of drug-likeness (QED) is 0.629. The number of likely N-dealkylation sites (tertiary alicyclic amines) is 1. The van der Waals surface area contributed by atoms with E-state index in [0.29, 0.717) is 12.6 Å². The first-order valence-electron chi connectivity index (χ1n) is 5.72. The molecule has 0 unspecified atom stereocenters. The van der Waals surface area contributed by atoms with Crippen molar-refractivity contribution in [2.75, 3.05) is 33.4 Å². The van der Waals surface area contributed by atoms with Crippen LogP contribution in [-0.4, -0.2) is 49.5 Å². The Bertz CT molecular complexity index is 141. The number of aliphatic hydroxyl groups excluding tert-OH is 1. The molecule has 0 amide bonds. The van der Waals surface area contributed by atoms with Gasteiger partial charge in [-0.15, -0.1) is 0 Å². The maximum atomic E-state index is 9.12. The molecule has 1 atom stereocenters. The summed E-state index contributed by atoms with van der Waals surface area (Å²) in [5.41, 5.74) is 0. The number of rotatable bonds is 7. The number of ether oxygens (including phenoxy) is 1. The normalized spacial score (nSPS) is 23.1. The second-order valence-corrected chi connectivity index (χ2v) is 4.07. The van der Waals surface area contributed by atoms with Gasteiger partial charge in [-0.25, -0.2) is 0 Å². The third-order valence-corrected chi connectivity index (χ3v) is 3.00. The molecule has 3 nitrogen and oxygen atoms in total. The van der Waals surface area contributed by atoms with Crippen LogP contribution in [0, 0.1) is 0 Å². The highest BCUT2D eigenvalue weighted by Crippen LogP contribution is 2.17. The van der Waals surface area contributed by atoms with Crippen LogP contribution in [-0.2, 0) is 4.74 Å². The van der Waals surface area contributed by atoms with Gasteiger partial charge in [0.1, 0.15) is 0 Å². The molecular weight excluding hydrogens is 178 g/mol. The Morgan fingerprint density at radius 1 is 1.36 bits per heavy atom. The van der Waals surface area contributed by atoms with Gasteiger partial charge >= 0.3 is 0 Å². The Labute approximate surface area is 87.1 Å². The molecule has 0 aromatic heterocycles. The highest BCUT2D eigenvalue weighted by Gasteiger charge is 2.22. The Kier molecular flexibility index (Phi) is 6.15. The predicted molar refractivity (Wildman–Crippen MR) is 57.4 cm³/mol. The highest BCUT2D eigenvalue weighted by molar-refractivity contribution is 4.77. The Hall–Kier alpha value is -0.120. The number of methoxy groups -OCH3 is 1. The van der Waals surface area contributed by atoms with Gasteiger partial charge < -0.3 is 9.84 Å². The molecule has 0 aliphatic carbocycles. The summed E-state index contributed by atoms with van der Waals surface area (Å²) in [7, 11) is 1.75. The van der Waals surface area contributed by atoms with Crippen molar-refractivity contribution < 1.29 is 9.84 Å². The fraction of sp³-hybridized carbons (Fsp3) is 1.00. The van der Waals surface area contributed by atoms with E-state index in [4.69, 9.17) is 9.84 Å². The first-order chi connectivity index (χ1) is 6.88. The summed E-state index contributed by atoms with van der Waals surface area (Å²) >= 11 is 0. The molecule has 1 aliphatic rings. The average molecular weight is 201 g/mol. The Balaban J connectivity index is 2.00. The van der Waals surface area contributed by atoms with Crippen LogP contribution in [0.5, 0.6) is 0 Å². The predicted octanol–water partition coefficient (Wildman–Crippen LogP) is 1.26. The number of nitrogens with zero attached hydrogens (tertiary/aromatic N) is 1. The second-order valence-electron chi connectivity index (χ2n) is 4.07. The molecule has 1 rings (SSSR count). The van der Waals surface area contributed by atoms with Crippen molar-refractivity contribution in [3.05, 3.63) is 0 Å². The largest absolute Gasteiger partial charge is 0.395 e. The zero-order chi connectivity index (χ0) is 10.2. The number of aliphatic hydroxyl groups is 1. The lowest BCUT2D eigenvalue weighted by atomic mass is 10.2. The van der Waals surface area contributed by atoms with Crippen LogP contribution in [0.25, 0.3) is 0 Å². The van der Waals surface area contributed by atoms with E-state index in [1.807, 2.05) is 0 Å². The molecule has 0 spiro atoms. The van der Waals surface area contributed by atoms with E-state index in [2.05, 4.69) is 4.90 Å². The maximum absolute atomic E-state index is 9.12. The molecule has 3 heteroatoms. The first kappa shape index (κ1) is 12.0. The van der Waals surface area contributed by atoms with E-state index in [0.717, 1.165) is 19.6 Å². The highest BCUT2D eigenvalue weighted by atomic mass is 16.5. The molecule has 0 aromatic rings. The lowest BCUT2D eigenvalue weighted by Gasteiger charge is -2.22. The average Bonchev–Trinajstić information content (AvgIpc) is 2.65. The summed E-state index contributed by atoms with van der Waals surface area (Å²) in [6, 6.07) is 0.442. The van der Waals surface area contributed by atoms with Crippen LogP contribution in [0.15, 0.2) is 0 Å². The van der Waals surface area contributed by atoms with E-state index in [1.54, 1.807) is 7.11 Å². The lowest BCUT2D eigenvalue weighted by molar-refractivity contribution is 0.153. The van der Waals surface area contributed by atoms with Gasteiger partial charge in [-0.05, 0) is 45.2 Å². The van der Waals surface area contributed by atoms with Crippen molar-refractivity contribution in [3.63, 3.8) is 0 Å². The van der Waals surface area contributed by atoms with Crippen molar-refractivity contribution >= 4 is 0 Å².